The van der Waals surface area contributed by atoms with Crippen LogP contribution in [0.4, 0.5) is 4.79 Å². The third-order valence-corrected chi connectivity index (χ3v) is 6.97. The number of rotatable bonds is 5. The highest BCUT2D eigenvalue weighted by Crippen LogP contribution is 2.20. The van der Waals surface area contributed by atoms with Gasteiger partial charge >= 0.3 is 6.03 Å². The number of piperidine rings is 1. The first kappa shape index (κ1) is 22.1. The number of hydrogen-bond acceptors (Lipinski definition) is 4. The number of carbonyl (C=O) groups excluding carboxylic acids is 2. The van der Waals surface area contributed by atoms with Crippen molar-refractivity contribution in [1.82, 2.24) is 24.9 Å². The minimum Gasteiger partial charge on any atom is -0.352 e. The summed E-state index contributed by atoms with van der Waals surface area (Å²) in [5.41, 5.74) is 2.46. The fourth-order valence-electron chi connectivity index (χ4n) is 4.88. The lowest BCUT2D eigenvalue weighted by molar-refractivity contribution is -0.126. The van der Waals surface area contributed by atoms with Crippen molar-refractivity contribution in [2.45, 2.75) is 38.8 Å². The number of amides is 3. The van der Waals surface area contributed by atoms with Crippen LogP contribution in [0.3, 0.4) is 0 Å². The minimum absolute atomic E-state index is 0.0103. The van der Waals surface area contributed by atoms with Gasteiger partial charge in [0.05, 0.1) is 0 Å². The Kier molecular flexibility index (Phi) is 7.45. The molecule has 1 aromatic rings. The SMILES string of the molecule is CN1CCN(Cc2cccc(CNC(=O)C3CCN(C(=O)N4CCCC4)CC3)c2)CC1. The van der Waals surface area contributed by atoms with E-state index in [4.69, 9.17) is 0 Å². The molecule has 3 heterocycles. The molecule has 0 aliphatic carbocycles. The van der Waals surface area contributed by atoms with E-state index in [9.17, 15) is 9.59 Å². The zero-order valence-electron chi connectivity index (χ0n) is 18.9. The average molecular weight is 428 g/mol. The van der Waals surface area contributed by atoms with Gasteiger partial charge in [0.1, 0.15) is 0 Å². The number of carbonyl (C=O) groups is 2. The summed E-state index contributed by atoms with van der Waals surface area (Å²) >= 11 is 0. The van der Waals surface area contributed by atoms with Crippen molar-refractivity contribution in [3.63, 3.8) is 0 Å². The number of hydrogen-bond donors (Lipinski definition) is 1. The summed E-state index contributed by atoms with van der Waals surface area (Å²) in [7, 11) is 2.18. The Morgan fingerprint density at radius 2 is 1.55 bits per heavy atom. The van der Waals surface area contributed by atoms with Crippen LogP contribution in [0.1, 0.15) is 36.8 Å². The van der Waals surface area contributed by atoms with Gasteiger partial charge in [-0.25, -0.2) is 4.79 Å². The van der Waals surface area contributed by atoms with E-state index in [2.05, 4.69) is 46.4 Å². The molecule has 3 amide bonds. The first-order valence-corrected chi connectivity index (χ1v) is 11.9. The maximum absolute atomic E-state index is 12.7. The largest absolute Gasteiger partial charge is 0.352 e. The van der Waals surface area contributed by atoms with Gasteiger partial charge in [-0.05, 0) is 43.9 Å². The summed E-state index contributed by atoms with van der Waals surface area (Å²) < 4.78 is 0. The number of likely N-dealkylation sites (tertiary alicyclic amines) is 2. The summed E-state index contributed by atoms with van der Waals surface area (Å²) in [5, 5.41) is 3.13. The van der Waals surface area contributed by atoms with Gasteiger partial charge in [0.15, 0.2) is 0 Å². The Morgan fingerprint density at radius 3 is 2.26 bits per heavy atom. The lowest BCUT2D eigenvalue weighted by atomic mass is 9.96. The molecule has 1 aromatic carbocycles. The highest BCUT2D eigenvalue weighted by molar-refractivity contribution is 5.79. The molecule has 0 radical (unpaired) electrons. The number of urea groups is 1. The fraction of sp³-hybridized carbons (Fsp3) is 0.667. The molecule has 4 rings (SSSR count). The molecular weight excluding hydrogens is 390 g/mol. The quantitative estimate of drug-likeness (QED) is 0.781. The lowest BCUT2D eigenvalue weighted by Crippen LogP contribution is -2.47. The van der Waals surface area contributed by atoms with Crippen LogP contribution in [0.15, 0.2) is 24.3 Å². The van der Waals surface area contributed by atoms with Crippen molar-refractivity contribution in [2.75, 3.05) is 59.4 Å². The molecule has 0 bridgehead atoms. The third-order valence-electron chi connectivity index (χ3n) is 6.97. The van der Waals surface area contributed by atoms with E-state index in [1.807, 2.05) is 9.80 Å². The summed E-state index contributed by atoms with van der Waals surface area (Å²) in [5.74, 6) is 0.133. The van der Waals surface area contributed by atoms with Crippen molar-refractivity contribution < 1.29 is 9.59 Å². The lowest BCUT2D eigenvalue weighted by Gasteiger charge is -2.34. The first-order valence-electron chi connectivity index (χ1n) is 11.9. The number of likely N-dealkylation sites (N-methyl/N-ethyl adjacent to an activating group) is 1. The van der Waals surface area contributed by atoms with Gasteiger partial charge in [-0.15, -0.1) is 0 Å². The Morgan fingerprint density at radius 1 is 0.903 bits per heavy atom. The van der Waals surface area contributed by atoms with Gasteiger partial charge in [0.2, 0.25) is 5.91 Å². The van der Waals surface area contributed by atoms with Crippen LogP contribution in [-0.4, -0.2) is 90.9 Å². The van der Waals surface area contributed by atoms with Crippen molar-refractivity contribution in [2.24, 2.45) is 5.92 Å². The Bertz CT molecular complexity index is 748. The van der Waals surface area contributed by atoms with Gasteiger partial charge in [0, 0.05) is 71.4 Å². The molecule has 7 nitrogen and oxygen atoms in total. The van der Waals surface area contributed by atoms with Crippen molar-refractivity contribution >= 4 is 11.9 Å². The summed E-state index contributed by atoms with van der Waals surface area (Å²) in [4.78, 5) is 34.0. The van der Waals surface area contributed by atoms with Crippen LogP contribution in [0.2, 0.25) is 0 Å². The second kappa shape index (κ2) is 10.5. The normalized spacial score (nSPS) is 21.5. The zero-order chi connectivity index (χ0) is 21.6. The monoisotopic (exact) mass is 427 g/mol. The molecule has 0 atom stereocenters. The van der Waals surface area contributed by atoms with Crippen molar-refractivity contribution in [3.8, 4) is 0 Å². The number of nitrogens with one attached hydrogen (secondary N) is 1. The first-order chi connectivity index (χ1) is 15.1. The van der Waals surface area contributed by atoms with Gasteiger partial charge in [-0.2, -0.15) is 0 Å². The Balaban J connectivity index is 1.20. The molecule has 0 saturated carbocycles. The average Bonchev–Trinajstić information content (AvgIpc) is 3.34. The zero-order valence-corrected chi connectivity index (χ0v) is 18.9. The molecule has 3 saturated heterocycles. The Labute approximate surface area is 186 Å². The van der Waals surface area contributed by atoms with E-state index >= 15 is 0 Å². The molecule has 0 unspecified atom stereocenters. The minimum atomic E-state index is 0.0103. The number of nitrogens with zero attached hydrogens (tertiary/aromatic N) is 4. The van der Waals surface area contributed by atoms with Crippen LogP contribution in [0, 0.1) is 5.92 Å². The molecule has 7 heteroatoms. The molecular formula is C24H37N5O2. The van der Waals surface area contributed by atoms with Gasteiger partial charge in [0.25, 0.3) is 0 Å². The second-order valence-electron chi connectivity index (χ2n) is 9.36. The van der Waals surface area contributed by atoms with Gasteiger partial charge < -0.3 is 20.0 Å². The highest BCUT2D eigenvalue weighted by atomic mass is 16.2. The van der Waals surface area contributed by atoms with Crippen LogP contribution >= 0.6 is 0 Å². The molecule has 1 N–H and O–H groups in total. The van der Waals surface area contributed by atoms with Crippen molar-refractivity contribution in [3.05, 3.63) is 35.4 Å². The van der Waals surface area contributed by atoms with E-state index in [-0.39, 0.29) is 17.9 Å². The summed E-state index contributed by atoms with van der Waals surface area (Å²) in [6.45, 7) is 9.15. The van der Waals surface area contributed by atoms with E-state index in [0.717, 1.165) is 77.1 Å². The molecule has 3 aliphatic rings. The molecule has 0 spiro atoms. The molecule has 3 aliphatic heterocycles. The van der Waals surface area contributed by atoms with Crippen LogP contribution < -0.4 is 5.32 Å². The molecule has 170 valence electrons. The maximum atomic E-state index is 12.7. The summed E-state index contributed by atoms with van der Waals surface area (Å²) in [6, 6.07) is 8.74. The standard InChI is InChI=1S/C24H37N5O2/c1-26-13-15-27(16-14-26)19-21-6-4-5-20(17-21)18-25-23(30)22-7-11-29(12-8-22)24(31)28-9-2-3-10-28/h4-6,17,22H,2-3,7-16,18-19H2,1H3,(H,25,30). The molecule has 31 heavy (non-hydrogen) atoms. The number of benzene rings is 1. The van der Waals surface area contributed by atoms with Gasteiger partial charge in [-0.3, -0.25) is 9.69 Å². The summed E-state index contributed by atoms with van der Waals surface area (Å²) in [6.07, 6.45) is 3.74. The predicted octanol–water partition coefficient (Wildman–Crippen LogP) is 1.98. The van der Waals surface area contributed by atoms with Crippen LogP contribution in [0.5, 0.6) is 0 Å². The van der Waals surface area contributed by atoms with E-state index in [1.165, 1.54) is 5.56 Å². The fourth-order valence-corrected chi connectivity index (χ4v) is 4.88. The topological polar surface area (TPSA) is 59.1 Å². The van der Waals surface area contributed by atoms with E-state index in [0.29, 0.717) is 19.6 Å². The molecule has 3 fully saturated rings. The molecule has 0 aromatic heterocycles. The third kappa shape index (κ3) is 5.98. The Hall–Kier alpha value is -2.12. The second-order valence-corrected chi connectivity index (χ2v) is 9.36. The van der Waals surface area contributed by atoms with E-state index < -0.39 is 0 Å². The maximum Gasteiger partial charge on any atom is 0.319 e. The predicted molar refractivity (Wildman–Crippen MR) is 122 cm³/mol. The van der Waals surface area contributed by atoms with Crippen LogP contribution in [-0.2, 0) is 17.9 Å². The smallest absolute Gasteiger partial charge is 0.319 e. The number of piperazine rings is 1. The van der Waals surface area contributed by atoms with Crippen molar-refractivity contribution in [1.29, 1.82) is 0 Å². The van der Waals surface area contributed by atoms with Gasteiger partial charge in [-0.1, -0.05) is 24.3 Å². The van der Waals surface area contributed by atoms with Crippen LogP contribution in [0.25, 0.3) is 0 Å². The van der Waals surface area contributed by atoms with E-state index in [1.54, 1.807) is 0 Å². The highest BCUT2D eigenvalue weighted by Gasteiger charge is 2.30.